The molecule has 1 aliphatic heterocycles. The second-order valence-electron chi connectivity index (χ2n) is 4.19. The molecule has 0 aromatic heterocycles. The van der Waals surface area contributed by atoms with Crippen LogP contribution in [0.25, 0.3) is 0 Å². The van der Waals surface area contributed by atoms with Crippen LogP contribution >= 0.6 is 11.8 Å². The van der Waals surface area contributed by atoms with Gasteiger partial charge in [0.05, 0.1) is 11.4 Å². The lowest BCUT2D eigenvalue weighted by atomic mass is 10.0. The third-order valence-corrected chi connectivity index (χ3v) is 3.91. The number of fused-ring (bicyclic) bond motifs is 1. The summed E-state index contributed by atoms with van der Waals surface area (Å²) in [7, 11) is 0. The minimum Gasteiger partial charge on any atom is -0.278 e. The SMILES string of the molecule is c1ccc(N/N=C2\CSCc3ccccc32)cc1. The molecule has 1 heterocycles. The Hall–Kier alpha value is -1.74. The van der Waals surface area contributed by atoms with Crippen LogP contribution in [-0.4, -0.2) is 11.5 Å². The molecule has 3 rings (SSSR count). The minimum absolute atomic E-state index is 0.969. The number of rotatable bonds is 2. The van der Waals surface area contributed by atoms with Crippen molar-refractivity contribution in [1.82, 2.24) is 0 Å². The quantitative estimate of drug-likeness (QED) is 0.825. The standard InChI is InChI=1S/C15H14N2S/c1-2-7-13(8-3-1)16-17-15-11-18-10-12-6-4-5-9-14(12)15/h1-9,16H,10-11H2/b17-15+. The predicted octanol–water partition coefficient (Wildman–Crippen LogP) is 3.75. The zero-order valence-electron chi connectivity index (χ0n) is 9.97. The highest BCUT2D eigenvalue weighted by atomic mass is 32.2. The summed E-state index contributed by atoms with van der Waals surface area (Å²) in [5.41, 5.74) is 7.94. The van der Waals surface area contributed by atoms with Crippen LogP contribution in [0.3, 0.4) is 0 Å². The van der Waals surface area contributed by atoms with Crippen LogP contribution in [0, 0.1) is 0 Å². The average Bonchev–Trinajstić information content (AvgIpc) is 2.46. The van der Waals surface area contributed by atoms with Crippen molar-refractivity contribution >= 4 is 23.2 Å². The highest BCUT2D eigenvalue weighted by Gasteiger charge is 2.14. The van der Waals surface area contributed by atoms with Gasteiger partial charge in [-0.1, -0.05) is 42.5 Å². The van der Waals surface area contributed by atoms with Crippen LogP contribution in [0.5, 0.6) is 0 Å². The fourth-order valence-corrected chi connectivity index (χ4v) is 2.99. The van der Waals surface area contributed by atoms with E-state index in [0.29, 0.717) is 0 Å². The Bertz CT molecular complexity index is 564. The Morgan fingerprint density at radius 3 is 2.56 bits per heavy atom. The molecule has 0 atom stereocenters. The normalized spacial score (nSPS) is 16.3. The fraction of sp³-hybridized carbons (Fsp3) is 0.133. The lowest BCUT2D eigenvalue weighted by Crippen LogP contribution is -2.14. The molecular weight excluding hydrogens is 240 g/mol. The maximum absolute atomic E-state index is 4.54. The van der Waals surface area contributed by atoms with Gasteiger partial charge in [0.25, 0.3) is 0 Å². The van der Waals surface area contributed by atoms with E-state index >= 15 is 0 Å². The van der Waals surface area contributed by atoms with Crippen molar-refractivity contribution in [2.75, 3.05) is 11.2 Å². The number of hydrazone groups is 1. The fourth-order valence-electron chi connectivity index (χ4n) is 2.00. The van der Waals surface area contributed by atoms with Gasteiger partial charge in [-0.2, -0.15) is 16.9 Å². The molecule has 2 aromatic carbocycles. The molecule has 3 heteroatoms. The van der Waals surface area contributed by atoms with Crippen molar-refractivity contribution in [2.24, 2.45) is 5.10 Å². The molecule has 0 saturated heterocycles. The van der Waals surface area contributed by atoms with E-state index in [-0.39, 0.29) is 0 Å². The van der Waals surface area contributed by atoms with E-state index in [1.54, 1.807) is 0 Å². The van der Waals surface area contributed by atoms with Gasteiger partial charge < -0.3 is 0 Å². The second-order valence-corrected chi connectivity index (χ2v) is 5.17. The van der Waals surface area contributed by atoms with E-state index in [0.717, 1.165) is 22.9 Å². The van der Waals surface area contributed by atoms with Gasteiger partial charge in [-0.05, 0) is 17.7 Å². The van der Waals surface area contributed by atoms with Crippen LogP contribution in [0.1, 0.15) is 11.1 Å². The van der Waals surface area contributed by atoms with Gasteiger partial charge in [0.2, 0.25) is 0 Å². The van der Waals surface area contributed by atoms with Crippen molar-refractivity contribution in [3.8, 4) is 0 Å². The van der Waals surface area contributed by atoms with Gasteiger partial charge in [-0.25, -0.2) is 0 Å². The minimum atomic E-state index is 0.969. The summed E-state index contributed by atoms with van der Waals surface area (Å²) in [5.74, 6) is 2.05. The van der Waals surface area contributed by atoms with Crippen molar-refractivity contribution in [1.29, 1.82) is 0 Å². The number of thioether (sulfide) groups is 1. The van der Waals surface area contributed by atoms with Crippen LogP contribution in [-0.2, 0) is 5.75 Å². The zero-order chi connectivity index (χ0) is 12.2. The van der Waals surface area contributed by atoms with Crippen molar-refractivity contribution in [3.05, 3.63) is 65.7 Å². The maximum Gasteiger partial charge on any atom is 0.0781 e. The Morgan fingerprint density at radius 2 is 1.67 bits per heavy atom. The summed E-state index contributed by atoms with van der Waals surface area (Å²) in [6.07, 6.45) is 0. The molecule has 0 saturated carbocycles. The van der Waals surface area contributed by atoms with Crippen LogP contribution in [0.4, 0.5) is 5.69 Å². The smallest absolute Gasteiger partial charge is 0.0781 e. The Morgan fingerprint density at radius 1 is 0.889 bits per heavy atom. The first kappa shape index (κ1) is 11.4. The zero-order valence-corrected chi connectivity index (χ0v) is 10.8. The van der Waals surface area contributed by atoms with Gasteiger partial charge in [0.1, 0.15) is 0 Å². The summed E-state index contributed by atoms with van der Waals surface area (Å²) < 4.78 is 0. The number of anilines is 1. The molecule has 0 fully saturated rings. The molecule has 2 aromatic rings. The van der Waals surface area contributed by atoms with Crippen molar-refractivity contribution < 1.29 is 0 Å². The van der Waals surface area contributed by atoms with Crippen molar-refractivity contribution in [3.63, 3.8) is 0 Å². The molecule has 0 unspecified atom stereocenters. The number of benzene rings is 2. The Kier molecular flexibility index (Phi) is 3.33. The molecular formula is C15H14N2S. The Balaban J connectivity index is 1.85. The maximum atomic E-state index is 4.54. The van der Waals surface area contributed by atoms with Gasteiger partial charge in [0.15, 0.2) is 0 Å². The first-order valence-electron chi connectivity index (χ1n) is 5.97. The summed E-state index contributed by atoms with van der Waals surface area (Å²) >= 11 is 1.91. The number of hydrogen-bond donors (Lipinski definition) is 1. The monoisotopic (exact) mass is 254 g/mol. The predicted molar refractivity (Wildman–Crippen MR) is 79.2 cm³/mol. The van der Waals surface area contributed by atoms with E-state index < -0.39 is 0 Å². The molecule has 1 aliphatic rings. The molecule has 0 radical (unpaired) electrons. The second kappa shape index (κ2) is 5.27. The third kappa shape index (κ3) is 2.41. The molecule has 1 N–H and O–H groups in total. The topological polar surface area (TPSA) is 24.4 Å². The van der Waals surface area contributed by atoms with E-state index in [9.17, 15) is 0 Å². The number of nitrogens with zero attached hydrogens (tertiary/aromatic N) is 1. The molecule has 0 amide bonds. The van der Waals surface area contributed by atoms with Crippen LogP contribution in [0.15, 0.2) is 59.7 Å². The molecule has 0 aliphatic carbocycles. The molecule has 90 valence electrons. The summed E-state index contributed by atoms with van der Waals surface area (Å²) in [6.45, 7) is 0. The molecule has 18 heavy (non-hydrogen) atoms. The molecule has 0 bridgehead atoms. The highest BCUT2D eigenvalue weighted by Crippen LogP contribution is 2.24. The largest absolute Gasteiger partial charge is 0.278 e. The van der Waals surface area contributed by atoms with E-state index in [2.05, 4.69) is 34.8 Å². The summed E-state index contributed by atoms with van der Waals surface area (Å²) in [5, 5.41) is 4.54. The van der Waals surface area contributed by atoms with Gasteiger partial charge in [-0.3, -0.25) is 5.43 Å². The first-order valence-corrected chi connectivity index (χ1v) is 7.12. The molecule has 0 spiro atoms. The average molecular weight is 254 g/mol. The van der Waals surface area contributed by atoms with Crippen LogP contribution < -0.4 is 5.43 Å². The number of hydrogen-bond acceptors (Lipinski definition) is 3. The highest BCUT2D eigenvalue weighted by molar-refractivity contribution is 7.99. The van der Waals surface area contributed by atoms with E-state index in [1.165, 1.54) is 11.1 Å². The third-order valence-electron chi connectivity index (χ3n) is 2.92. The van der Waals surface area contributed by atoms with Gasteiger partial charge in [0, 0.05) is 17.1 Å². The lowest BCUT2D eigenvalue weighted by molar-refractivity contribution is 1.29. The van der Waals surface area contributed by atoms with E-state index in [1.807, 2.05) is 42.1 Å². The van der Waals surface area contributed by atoms with Crippen LogP contribution in [0.2, 0.25) is 0 Å². The number of para-hydroxylation sites is 1. The van der Waals surface area contributed by atoms with Gasteiger partial charge >= 0.3 is 0 Å². The molecule has 2 nitrogen and oxygen atoms in total. The van der Waals surface area contributed by atoms with Crippen molar-refractivity contribution in [2.45, 2.75) is 5.75 Å². The Labute approximate surface area is 111 Å². The first-order chi connectivity index (χ1) is 8.93. The van der Waals surface area contributed by atoms with E-state index in [4.69, 9.17) is 0 Å². The number of nitrogens with one attached hydrogen (secondary N) is 1. The summed E-state index contributed by atoms with van der Waals surface area (Å²) in [6, 6.07) is 18.6. The summed E-state index contributed by atoms with van der Waals surface area (Å²) in [4.78, 5) is 0. The van der Waals surface area contributed by atoms with Gasteiger partial charge in [-0.15, -0.1) is 0 Å². The lowest BCUT2D eigenvalue weighted by Gasteiger charge is -2.17.